The Bertz CT molecular complexity index is 463. The summed E-state index contributed by atoms with van der Waals surface area (Å²) >= 11 is 0. The number of nitriles is 1. The van der Waals surface area contributed by atoms with E-state index in [1.807, 2.05) is 0 Å². The Hall–Kier alpha value is -1.57. The van der Waals surface area contributed by atoms with E-state index in [9.17, 15) is 18.4 Å². The molecule has 2 rings (SSSR count). The van der Waals surface area contributed by atoms with Crippen LogP contribution in [-0.4, -0.2) is 4.98 Å². The van der Waals surface area contributed by atoms with E-state index in [1.54, 1.807) is 0 Å². The van der Waals surface area contributed by atoms with Crippen molar-refractivity contribution in [3.63, 3.8) is 0 Å². The predicted molar refractivity (Wildman–Crippen MR) is 64.2 cm³/mol. The second-order valence-electron chi connectivity index (χ2n) is 5.04. The zero-order valence-corrected chi connectivity index (χ0v) is 10.5. The van der Waals surface area contributed by atoms with Gasteiger partial charge in [-0.1, -0.05) is 25.7 Å². The summed E-state index contributed by atoms with van der Waals surface area (Å²) in [5, 5.41) is 9.44. The van der Waals surface area contributed by atoms with Crippen molar-refractivity contribution < 1.29 is 13.2 Å². The maximum absolute atomic E-state index is 12.5. The molecule has 1 aromatic heterocycles. The van der Waals surface area contributed by atoms with Crippen LogP contribution in [-0.2, 0) is 11.6 Å². The van der Waals surface area contributed by atoms with Gasteiger partial charge in [0.15, 0.2) is 0 Å². The Kier molecular flexibility index (Phi) is 3.79. The van der Waals surface area contributed by atoms with Crippen molar-refractivity contribution >= 4 is 0 Å². The van der Waals surface area contributed by atoms with Crippen LogP contribution in [0.1, 0.15) is 49.8 Å². The maximum atomic E-state index is 12.5. The van der Waals surface area contributed by atoms with E-state index in [4.69, 9.17) is 0 Å². The molecule has 0 radical (unpaired) electrons. The number of pyridine rings is 1. The van der Waals surface area contributed by atoms with Crippen LogP contribution >= 0.6 is 0 Å². The normalized spacial score (nSPS) is 19.5. The van der Waals surface area contributed by atoms with E-state index < -0.39 is 17.2 Å². The van der Waals surface area contributed by atoms with Crippen LogP contribution in [0.3, 0.4) is 0 Å². The zero-order chi connectivity index (χ0) is 13.9. The Balaban J connectivity index is 2.31. The molecule has 0 aromatic carbocycles. The Morgan fingerprint density at radius 2 is 1.74 bits per heavy atom. The number of hydrogen-bond acceptors (Lipinski definition) is 2. The van der Waals surface area contributed by atoms with E-state index in [0.29, 0.717) is 18.5 Å². The summed E-state index contributed by atoms with van der Waals surface area (Å²) in [4.78, 5) is 3.91. The lowest BCUT2D eigenvalue weighted by molar-refractivity contribution is -0.137. The summed E-state index contributed by atoms with van der Waals surface area (Å²) < 4.78 is 37.5. The first-order valence-electron chi connectivity index (χ1n) is 6.43. The Morgan fingerprint density at radius 3 is 2.16 bits per heavy atom. The lowest BCUT2D eigenvalue weighted by atomic mass is 9.78. The number of hydrogen-bond donors (Lipinski definition) is 0. The van der Waals surface area contributed by atoms with Gasteiger partial charge in [-0.3, -0.25) is 4.98 Å². The predicted octanol–water partition coefficient (Wildman–Crippen LogP) is 4.22. The third-order valence-electron chi connectivity index (χ3n) is 3.75. The van der Waals surface area contributed by atoms with Gasteiger partial charge in [-0.25, -0.2) is 0 Å². The van der Waals surface area contributed by atoms with Crippen LogP contribution in [0.2, 0.25) is 0 Å². The van der Waals surface area contributed by atoms with Crippen molar-refractivity contribution in [2.24, 2.45) is 0 Å². The molecule has 102 valence electrons. The standard InChI is InChI=1S/C14H15F3N2/c15-14(16,17)11-5-6-12(19-9-11)13(10-18)7-3-1-2-4-8-13/h5-6,9H,1-4,7-8H2. The average molecular weight is 268 g/mol. The van der Waals surface area contributed by atoms with Gasteiger partial charge in [0.05, 0.1) is 22.7 Å². The first kappa shape index (κ1) is 13.9. The van der Waals surface area contributed by atoms with Crippen LogP contribution in [0.5, 0.6) is 0 Å². The number of rotatable bonds is 1. The van der Waals surface area contributed by atoms with Crippen molar-refractivity contribution in [3.8, 4) is 6.07 Å². The molecule has 2 nitrogen and oxygen atoms in total. The third-order valence-corrected chi connectivity index (χ3v) is 3.75. The average Bonchev–Trinajstić information content (AvgIpc) is 2.64. The van der Waals surface area contributed by atoms with E-state index in [0.717, 1.165) is 37.9 Å². The molecule has 0 aliphatic heterocycles. The summed E-state index contributed by atoms with van der Waals surface area (Å²) in [6, 6.07) is 4.67. The van der Waals surface area contributed by atoms with E-state index in [1.165, 1.54) is 6.07 Å². The fraction of sp³-hybridized carbons (Fsp3) is 0.571. The molecular formula is C14H15F3N2. The van der Waals surface area contributed by atoms with Crippen molar-refractivity contribution in [2.75, 3.05) is 0 Å². The van der Waals surface area contributed by atoms with Crippen LogP contribution < -0.4 is 0 Å². The van der Waals surface area contributed by atoms with E-state index in [-0.39, 0.29) is 0 Å². The smallest absolute Gasteiger partial charge is 0.259 e. The van der Waals surface area contributed by atoms with E-state index >= 15 is 0 Å². The van der Waals surface area contributed by atoms with Crippen LogP contribution in [0.4, 0.5) is 13.2 Å². The summed E-state index contributed by atoms with van der Waals surface area (Å²) in [5.41, 5.74) is -0.997. The first-order chi connectivity index (χ1) is 8.98. The minimum absolute atomic E-state index is 0.477. The summed E-state index contributed by atoms with van der Waals surface area (Å²) in [6.07, 6.45) is 1.82. The lowest BCUT2D eigenvalue weighted by Crippen LogP contribution is -2.25. The number of nitrogens with zero attached hydrogens (tertiary/aromatic N) is 2. The lowest BCUT2D eigenvalue weighted by Gasteiger charge is -2.24. The van der Waals surface area contributed by atoms with Gasteiger partial charge in [-0.15, -0.1) is 0 Å². The molecule has 0 amide bonds. The molecule has 1 aliphatic rings. The molecule has 1 aromatic rings. The van der Waals surface area contributed by atoms with E-state index in [2.05, 4.69) is 11.1 Å². The molecule has 1 aliphatic carbocycles. The highest BCUT2D eigenvalue weighted by molar-refractivity contribution is 5.29. The van der Waals surface area contributed by atoms with Crippen molar-refractivity contribution in [1.82, 2.24) is 4.98 Å². The highest BCUT2D eigenvalue weighted by atomic mass is 19.4. The SMILES string of the molecule is N#CC1(c2ccc(C(F)(F)F)cn2)CCCCCC1. The number of aromatic nitrogens is 1. The molecule has 0 saturated heterocycles. The van der Waals surface area contributed by atoms with Gasteiger partial charge >= 0.3 is 6.18 Å². The maximum Gasteiger partial charge on any atom is 0.417 e. The fourth-order valence-corrected chi connectivity index (χ4v) is 2.60. The van der Waals surface area contributed by atoms with Gasteiger partial charge in [-0.05, 0) is 25.0 Å². The van der Waals surface area contributed by atoms with Gasteiger partial charge < -0.3 is 0 Å². The van der Waals surface area contributed by atoms with Crippen LogP contribution in [0.15, 0.2) is 18.3 Å². The first-order valence-corrected chi connectivity index (χ1v) is 6.43. The molecular weight excluding hydrogens is 253 g/mol. The fourth-order valence-electron chi connectivity index (χ4n) is 2.60. The highest BCUT2D eigenvalue weighted by Crippen LogP contribution is 2.37. The molecule has 5 heteroatoms. The molecule has 0 bridgehead atoms. The minimum atomic E-state index is -4.38. The molecule has 0 N–H and O–H groups in total. The Morgan fingerprint density at radius 1 is 1.11 bits per heavy atom. The molecule has 1 fully saturated rings. The summed E-state index contributed by atoms with van der Waals surface area (Å²) in [7, 11) is 0. The largest absolute Gasteiger partial charge is 0.417 e. The minimum Gasteiger partial charge on any atom is -0.259 e. The summed E-state index contributed by atoms with van der Waals surface area (Å²) in [6.45, 7) is 0. The van der Waals surface area contributed by atoms with Crippen molar-refractivity contribution in [2.45, 2.75) is 50.1 Å². The molecule has 1 saturated carbocycles. The summed E-state index contributed by atoms with van der Waals surface area (Å²) in [5.74, 6) is 0. The number of alkyl halides is 3. The third kappa shape index (κ3) is 2.89. The second kappa shape index (κ2) is 5.20. The van der Waals surface area contributed by atoms with Crippen LogP contribution in [0, 0.1) is 11.3 Å². The monoisotopic (exact) mass is 268 g/mol. The molecule has 0 unspecified atom stereocenters. The molecule has 19 heavy (non-hydrogen) atoms. The zero-order valence-electron chi connectivity index (χ0n) is 10.5. The topological polar surface area (TPSA) is 36.7 Å². The van der Waals surface area contributed by atoms with Gasteiger partial charge in [0.1, 0.15) is 0 Å². The van der Waals surface area contributed by atoms with Crippen LogP contribution in [0.25, 0.3) is 0 Å². The van der Waals surface area contributed by atoms with Gasteiger partial charge in [0.25, 0.3) is 0 Å². The molecule has 1 heterocycles. The number of halogens is 3. The van der Waals surface area contributed by atoms with Gasteiger partial charge in [0.2, 0.25) is 0 Å². The highest BCUT2D eigenvalue weighted by Gasteiger charge is 2.36. The van der Waals surface area contributed by atoms with Crippen molar-refractivity contribution in [3.05, 3.63) is 29.6 Å². The Labute approximate surface area is 110 Å². The van der Waals surface area contributed by atoms with Gasteiger partial charge in [0, 0.05) is 6.20 Å². The molecule has 0 spiro atoms. The second-order valence-corrected chi connectivity index (χ2v) is 5.04. The van der Waals surface area contributed by atoms with Gasteiger partial charge in [-0.2, -0.15) is 18.4 Å². The van der Waals surface area contributed by atoms with Crippen molar-refractivity contribution in [1.29, 1.82) is 5.26 Å². The molecule has 0 atom stereocenters. The quantitative estimate of drug-likeness (QED) is 0.715.